The molecule has 8 heteroatoms. The predicted molar refractivity (Wildman–Crippen MR) is 103 cm³/mol. The van der Waals surface area contributed by atoms with Crippen molar-refractivity contribution in [1.29, 1.82) is 0 Å². The number of nitrogens with one attached hydrogen (secondary N) is 1. The summed E-state index contributed by atoms with van der Waals surface area (Å²) in [6, 6.07) is 6.57. The molecular formula is C19H27N5O3. The van der Waals surface area contributed by atoms with E-state index in [9.17, 15) is 14.4 Å². The second-order valence-corrected chi connectivity index (χ2v) is 7.69. The Morgan fingerprint density at radius 1 is 1.15 bits per heavy atom. The first-order chi connectivity index (χ1) is 12.6. The monoisotopic (exact) mass is 373 g/mol. The van der Waals surface area contributed by atoms with Gasteiger partial charge in [0.15, 0.2) is 5.69 Å². The summed E-state index contributed by atoms with van der Waals surface area (Å²) in [6.45, 7) is 6.05. The lowest BCUT2D eigenvalue weighted by Crippen LogP contribution is -2.52. The van der Waals surface area contributed by atoms with E-state index in [1.807, 2.05) is 45.0 Å². The number of carbonyl (C=O) groups excluding carboxylic acids is 3. The summed E-state index contributed by atoms with van der Waals surface area (Å²) >= 11 is 0. The number of rotatable bonds is 8. The Morgan fingerprint density at radius 3 is 2.41 bits per heavy atom. The third-order valence-corrected chi connectivity index (χ3v) is 4.34. The van der Waals surface area contributed by atoms with Gasteiger partial charge in [-0.1, -0.05) is 39.0 Å². The lowest BCUT2D eigenvalue weighted by atomic mass is 9.86. The molecule has 1 aromatic heterocycles. The molecule has 0 saturated heterocycles. The van der Waals surface area contributed by atoms with Crippen molar-refractivity contribution in [3.63, 3.8) is 0 Å². The lowest BCUT2D eigenvalue weighted by Gasteiger charge is -2.28. The lowest BCUT2D eigenvalue weighted by molar-refractivity contribution is -0.122. The Kier molecular flexibility index (Phi) is 6.20. The van der Waals surface area contributed by atoms with E-state index in [1.165, 1.54) is 0 Å². The largest absolute Gasteiger partial charge is 0.370 e. The fourth-order valence-electron chi connectivity index (χ4n) is 2.94. The number of aryl methyl sites for hydroxylation is 1. The maximum absolute atomic E-state index is 12.8. The van der Waals surface area contributed by atoms with Gasteiger partial charge in [0.05, 0.1) is 5.52 Å². The third-order valence-electron chi connectivity index (χ3n) is 4.34. The second kappa shape index (κ2) is 8.20. The first kappa shape index (κ1) is 20.4. The number of carbonyl (C=O) groups is 3. The molecule has 0 saturated carbocycles. The van der Waals surface area contributed by atoms with Crippen molar-refractivity contribution in [2.24, 2.45) is 16.9 Å². The molecule has 0 bridgehead atoms. The zero-order chi connectivity index (χ0) is 20.2. The quantitative estimate of drug-likeness (QED) is 0.602. The minimum atomic E-state index is -0.815. The number of nitrogens with two attached hydrogens (primary N) is 2. The molecule has 27 heavy (non-hydrogen) atoms. The highest BCUT2D eigenvalue weighted by Gasteiger charge is 2.32. The molecule has 0 fully saturated rings. The molecule has 0 unspecified atom stereocenters. The number of hydrogen-bond donors (Lipinski definition) is 3. The van der Waals surface area contributed by atoms with Crippen LogP contribution in [0.2, 0.25) is 0 Å². The van der Waals surface area contributed by atoms with Crippen LogP contribution in [0, 0.1) is 5.41 Å². The van der Waals surface area contributed by atoms with Crippen molar-refractivity contribution in [3.8, 4) is 0 Å². The van der Waals surface area contributed by atoms with Crippen molar-refractivity contribution in [2.75, 3.05) is 0 Å². The smallest absolute Gasteiger partial charge is 0.273 e. The summed E-state index contributed by atoms with van der Waals surface area (Å²) < 4.78 is 1.74. The maximum atomic E-state index is 12.8. The van der Waals surface area contributed by atoms with Crippen LogP contribution >= 0.6 is 0 Å². The molecule has 0 radical (unpaired) electrons. The van der Waals surface area contributed by atoms with Gasteiger partial charge in [-0.05, 0) is 24.3 Å². The van der Waals surface area contributed by atoms with Gasteiger partial charge in [0.25, 0.3) is 5.91 Å². The Hall–Kier alpha value is -2.90. The van der Waals surface area contributed by atoms with Crippen molar-refractivity contribution in [3.05, 3.63) is 30.0 Å². The van der Waals surface area contributed by atoms with E-state index in [4.69, 9.17) is 11.5 Å². The van der Waals surface area contributed by atoms with E-state index in [-0.39, 0.29) is 11.6 Å². The standard InChI is InChI=1S/C19H27N5O3/c1-19(2,3)16(17(21)26)22-18(27)15-12-8-4-5-9-13(12)24(23-15)11-7-6-10-14(20)25/h4-5,8-9,16H,6-7,10-11H2,1-3H3,(H2,20,25)(H2,21,26)(H,22,27)/t16-/m1/s1. The Morgan fingerprint density at radius 2 is 1.81 bits per heavy atom. The molecule has 0 aliphatic rings. The molecule has 5 N–H and O–H groups in total. The number of nitrogens with zero attached hydrogens (tertiary/aromatic N) is 2. The minimum Gasteiger partial charge on any atom is -0.370 e. The molecule has 1 heterocycles. The average molecular weight is 373 g/mol. The van der Waals surface area contributed by atoms with E-state index in [1.54, 1.807) is 4.68 Å². The van der Waals surface area contributed by atoms with Gasteiger partial charge < -0.3 is 16.8 Å². The van der Waals surface area contributed by atoms with Gasteiger partial charge in [0.1, 0.15) is 6.04 Å². The van der Waals surface area contributed by atoms with Crippen LogP contribution in [0.15, 0.2) is 24.3 Å². The van der Waals surface area contributed by atoms with Crippen LogP contribution < -0.4 is 16.8 Å². The van der Waals surface area contributed by atoms with Crippen LogP contribution in [-0.2, 0) is 16.1 Å². The Balaban J connectivity index is 2.26. The van der Waals surface area contributed by atoms with Crippen molar-refractivity contribution in [1.82, 2.24) is 15.1 Å². The molecule has 1 aromatic carbocycles. The number of hydrogen-bond acceptors (Lipinski definition) is 4. The number of unbranched alkanes of at least 4 members (excludes halogenated alkanes) is 1. The summed E-state index contributed by atoms with van der Waals surface area (Å²) in [5, 5.41) is 7.84. The van der Waals surface area contributed by atoms with Gasteiger partial charge in [-0.15, -0.1) is 0 Å². The molecular weight excluding hydrogens is 346 g/mol. The van der Waals surface area contributed by atoms with Gasteiger partial charge in [0, 0.05) is 18.4 Å². The highest BCUT2D eigenvalue weighted by molar-refractivity contribution is 6.06. The van der Waals surface area contributed by atoms with Crippen molar-refractivity contribution in [2.45, 2.75) is 52.6 Å². The van der Waals surface area contributed by atoms with Gasteiger partial charge in [-0.2, -0.15) is 5.10 Å². The van der Waals surface area contributed by atoms with Gasteiger partial charge in [0.2, 0.25) is 11.8 Å². The number of primary amides is 2. The van der Waals surface area contributed by atoms with Crippen LogP contribution in [0.4, 0.5) is 0 Å². The first-order valence-electron chi connectivity index (χ1n) is 8.95. The Bertz CT molecular complexity index is 851. The zero-order valence-corrected chi connectivity index (χ0v) is 16.0. The second-order valence-electron chi connectivity index (χ2n) is 7.69. The van der Waals surface area contributed by atoms with E-state index in [0.29, 0.717) is 31.2 Å². The van der Waals surface area contributed by atoms with E-state index in [0.717, 1.165) is 5.52 Å². The number of amides is 3. The number of fused-ring (bicyclic) bond motifs is 1. The maximum Gasteiger partial charge on any atom is 0.273 e. The van der Waals surface area contributed by atoms with Crippen LogP contribution in [0.5, 0.6) is 0 Å². The molecule has 146 valence electrons. The average Bonchev–Trinajstić information content (AvgIpc) is 2.94. The van der Waals surface area contributed by atoms with Crippen molar-refractivity contribution < 1.29 is 14.4 Å². The SMILES string of the molecule is CC(C)(C)[C@H](NC(=O)c1nn(CCCCC(N)=O)c2ccccc12)C(N)=O. The van der Waals surface area contributed by atoms with E-state index < -0.39 is 23.3 Å². The topological polar surface area (TPSA) is 133 Å². The fraction of sp³-hybridized carbons (Fsp3) is 0.474. The molecule has 2 rings (SSSR count). The molecule has 0 spiro atoms. The number of benzene rings is 1. The first-order valence-corrected chi connectivity index (χ1v) is 8.95. The predicted octanol–water partition coefficient (Wildman–Crippen LogP) is 1.32. The zero-order valence-electron chi connectivity index (χ0n) is 16.0. The Labute approximate surface area is 158 Å². The molecule has 8 nitrogen and oxygen atoms in total. The summed E-state index contributed by atoms with van der Waals surface area (Å²) in [4.78, 5) is 35.4. The van der Waals surface area contributed by atoms with Crippen molar-refractivity contribution >= 4 is 28.6 Å². The van der Waals surface area contributed by atoms with Gasteiger partial charge in [-0.25, -0.2) is 0 Å². The summed E-state index contributed by atoms with van der Waals surface area (Å²) in [5.74, 6) is -1.37. The van der Waals surface area contributed by atoms with Crippen LogP contribution in [0.25, 0.3) is 10.9 Å². The van der Waals surface area contributed by atoms with Crippen LogP contribution in [0.1, 0.15) is 50.5 Å². The normalized spacial score (nSPS) is 12.7. The van der Waals surface area contributed by atoms with Crippen LogP contribution in [-0.4, -0.2) is 33.5 Å². The van der Waals surface area contributed by atoms with Gasteiger partial charge >= 0.3 is 0 Å². The molecule has 2 aromatic rings. The molecule has 0 aliphatic carbocycles. The minimum absolute atomic E-state index is 0.246. The number of aromatic nitrogens is 2. The molecule has 0 aliphatic heterocycles. The highest BCUT2D eigenvalue weighted by Crippen LogP contribution is 2.22. The fourth-order valence-corrected chi connectivity index (χ4v) is 2.94. The van der Waals surface area contributed by atoms with Gasteiger partial charge in [-0.3, -0.25) is 19.1 Å². The van der Waals surface area contributed by atoms with Crippen LogP contribution in [0.3, 0.4) is 0 Å². The number of para-hydroxylation sites is 1. The third kappa shape index (κ3) is 5.06. The summed E-state index contributed by atoms with van der Waals surface area (Å²) in [5.41, 5.74) is 11.2. The van der Waals surface area contributed by atoms with E-state index >= 15 is 0 Å². The highest BCUT2D eigenvalue weighted by atomic mass is 16.2. The summed E-state index contributed by atoms with van der Waals surface area (Å²) in [7, 11) is 0. The molecule has 1 atom stereocenters. The summed E-state index contributed by atoms with van der Waals surface area (Å²) in [6.07, 6.45) is 1.68. The molecule has 3 amide bonds. The van der Waals surface area contributed by atoms with E-state index in [2.05, 4.69) is 10.4 Å².